The molecule has 0 amide bonds. The zero-order valence-electron chi connectivity index (χ0n) is 27.8. The van der Waals surface area contributed by atoms with Gasteiger partial charge in [0.25, 0.3) is 0 Å². The summed E-state index contributed by atoms with van der Waals surface area (Å²) >= 11 is 26.0. The summed E-state index contributed by atoms with van der Waals surface area (Å²) in [5.41, 5.74) is 5.89. The smallest absolute Gasteiger partial charge is 0.213 e. The number of benzene rings is 2. The van der Waals surface area contributed by atoms with Crippen LogP contribution in [0.3, 0.4) is 0 Å². The highest BCUT2D eigenvalue weighted by atomic mass is 35.5. The van der Waals surface area contributed by atoms with Crippen LogP contribution in [0.25, 0.3) is 0 Å². The van der Waals surface area contributed by atoms with Gasteiger partial charge in [0.1, 0.15) is 6.17 Å². The van der Waals surface area contributed by atoms with Gasteiger partial charge in [0.05, 0.1) is 26.4 Å². The molecule has 0 spiro atoms. The predicted molar refractivity (Wildman–Crippen MR) is 201 cm³/mol. The monoisotopic (exact) mass is 724 g/mol. The summed E-state index contributed by atoms with van der Waals surface area (Å²) in [6, 6.07) is 12.2. The summed E-state index contributed by atoms with van der Waals surface area (Å²) in [6.45, 7) is 2.85. The minimum atomic E-state index is -0.384. The molecule has 0 bridgehead atoms. The zero-order chi connectivity index (χ0) is 33.6. The second kappa shape index (κ2) is 19.9. The molecule has 10 heteroatoms. The molecule has 0 aliphatic carbocycles. The Labute approximate surface area is 301 Å². The molecule has 1 fully saturated rings. The summed E-state index contributed by atoms with van der Waals surface area (Å²) in [4.78, 5) is 0. The molecule has 4 rings (SSSR count). The number of nitrogens with zero attached hydrogens (tertiary/aromatic N) is 3. The van der Waals surface area contributed by atoms with Crippen molar-refractivity contribution in [2.75, 3.05) is 16.6 Å². The molecule has 1 unspecified atom stereocenters. The van der Waals surface area contributed by atoms with E-state index in [0.717, 1.165) is 18.4 Å². The average Bonchev–Trinajstić information content (AvgIpc) is 3.64. The van der Waals surface area contributed by atoms with Crippen LogP contribution in [0.1, 0.15) is 122 Å². The zero-order valence-corrected chi connectivity index (χ0v) is 30.8. The van der Waals surface area contributed by atoms with E-state index < -0.39 is 0 Å². The lowest BCUT2D eigenvalue weighted by Gasteiger charge is -2.34. The maximum absolute atomic E-state index is 10.8. The maximum atomic E-state index is 10.8. The summed E-state index contributed by atoms with van der Waals surface area (Å²) < 4.78 is 1.37. The first-order valence-corrected chi connectivity index (χ1v) is 19.2. The molecule has 1 saturated heterocycles. The highest BCUT2D eigenvalue weighted by Crippen LogP contribution is 2.40. The van der Waals surface area contributed by atoms with Crippen molar-refractivity contribution < 1.29 is 10.2 Å². The molecule has 260 valence electrons. The van der Waals surface area contributed by atoms with E-state index >= 15 is 0 Å². The van der Waals surface area contributed by atoms with Crippen molar-refractivity contribution in [3.63, 3.8) is 0 Å². The molecular formula is C37H52Cl4N4O2. The van der Waals surface area contributed by atoms with Gasteiger partial charge in [-0.2, -0.15) is 4.68 Å². The fraction of sp³-hybridized carbons (Fsp3) is 0.568. The molecule has 3 aromatic rings. The number of hydrogen-bond donors (Lipinski definition) is 3. The number of anilines is 2. The van der Waals surface area contributed by atoms with Gasteiger partial charge in [-0.3, -0.25) is 5.01 Å². The molecule has 0 saturated carbocycles. The van der Waals surface area contributed by atoms with Crippen LogP contribution >= 0.6 is 46.4 Å². The van der Waals surface area contributed by atoms with E-state index in [2.05, 4.69) is 24.5 Å². The van der Waals surface area contributed by atoms with Crippen molar-refractivity contribution in [3.8, 4) is 11.8 Å². The third-order valence-corrected chi connectivity index (χ3v) is 10.2. The number of hydrazine groups is 1. The Kier molecular flexibility index (Phi) is 16.0. The Morgan fingerprint density at radius 3 is 1.72 bits per heavy atom. The first kappa shape index (κ1) is 37.9. The van der Waals surface area contributed by atoms with Crippen molar-refractivity contribution >= 4 is 57.8 Å². The van der Waals surface area contributed by atoms with Gasteiger partial charge in [-0.15, -0.1) is 0 Å². The van der Waals surface area contributed by atoms with Crippen LogP contribution in [-0.4, -0.2) is 27.6 Å². The van der Waals surface area contributed by atoms with Gasteiger partial charge in [0.2, 0.25) is 11.8 Å². The highest BCUT2D eigenvalue weighted by molar-refractivity contribution is 6.41. The normalized spacial score (nSPS) is 14.7. The van der Waals surface area contributed by atoms with E-state index in [0.29, 0.717) is 44.4 Å². The maximum Gasteiger partial charge on any atom is 0.213 e. The highest BCUT2D eigenvalue weighted by Gasteiger charge is 2.34. The van der Waals surface area contributed by atoms with Crippen LogP contribution in [0.5, 0.6) is 11.8 Å². The first-order chi connectivity index (χ1) is 22.8. The standard InChI is InChI=1S/C37H52Cl4N4O2/c1-2-3-4-5-6-7-8-9-10-11-12-13-14-15-16-17-18-28-19-20-30(39)33(25-28)44(45-35(46)21-22-36(45)47)34-23-24-43(42-34)37-31(40)26-29(38)27-32(37)41/h19-22,25-27,34,42,46-47H,2-18,23-24H2,1H3. The molecule has 6 nitrogen and oxygen atoms in total. The van der Waals surface area contributed by atoms with Crippen LogP contribution in [0.2, 0.25) is 20.1 Å². The fourth-order valence-electron chi connectivity index (χ4n) is 6.52. The number of nitrogens with one attached hydrogen (secondary N) is 1. The molecule has 3 N–H and O–H groups in total. The lowest BCUT2D eigenvalue weighted by molar-refractivity contribution is 0.350. The molecule has 2 heterocycles. The van der Waals surface area contributed by atoms with Gasteiger partial charge >= 0.3 is 0 Å². The fourth-order valence-corrected chi connectivity index (χ4v) is 7.74. The lowest BCUT2D eigenvalue weighted by atomic mass is 10.0. The Balaban J connectivity index is 1.27. The topological polar surface area (TPSA) is 63.9 Å². The van der Waals surface area contributed by atoms with Gasteiger partial charge in [0, 0.05) is 30.1 Å². The minimum absolute atomic E-state index is 0.107. The molecule has 1 aromatic heterocycles. The number of aromatic hydroxyl groups is 2. The van der Waals surface area contributed by atoms with Gasteiger partial charge in [0.15, 0.2) is 0 Å². The van der Waals surface area contributed by atoms with Crippen LogP contribution in [-0.2, 0) is 6.42 Å². The first-order valence-electron chi connectivity index (χ1n) is 17.7. The molecule has 0 radical (unpaired) electrons. The molecule has 1 aliphatic rings. The molecule has 1 atom stereocenters. The van der Waals surface area contributed by atoms with Crippen LogP contribution in [0.15, 0.2) is 42.5 Å². The van der Waals surface area contributed by atoms with Gasteiger partial charge < -0.3 is 15.2 Å². The van der Waals surface area contributed by atoms with Gasteiger partial charge in [-0.1, -0.05) is 156 Å². The van der Waals surface area contributed by atoms with Gasteiger partial charge in [-0.25, -0.2) is 5.43 Å². The SMILES string of the molecule is CCCCCCCCCCCCCCCCCCc1ccc(Cl)c(N(C2CCN(c3c(Cl)cc(Cl)cc3Cl)N2)n2c(O)ccc2O)c1. The van der Waals surface area contributed by atoms with Crippen molar-refractivity contribution in [1.29, 1.82) is 0 Å². The Morgan fingerprint density at radius 1 is 0.681 bits per heavy atom. The third kappa shape index (κ3) is 11.3. The quantitative estimate of drug-likeness (QED) is 0.0954. The Hall–Kier alpha value is -1.96. The number of rotatable bonds is 21. The second-order valence-corrected chi connectivity index (χ2v) is 14.5. The Bertz CT molecular complexity index is 1340. The van der Waals surface area contributed by atoms with Gasteiger partial charge in [-0.05, 0) is 42.7 Å². The lowest BCUT2D eigenvalue weighted by Crippen LogP contribution is -2.49. The largest absolute Gasteiger partial charge is 0.493 e. The molecule has 2 aromatic carbocycles. The minimum Gasteiger partial charge on any atom is -0.493 e. The number of halogens is 4. The van der Waals surface area contributed by atoms with Crippen molar-refractivity contribution in [2.45, 2.75) is 129 Å². The van der Waals surface area contributed by atoms with Crippen LogP contribution in [0, 0.1) is 0 Å². The number of aromatic nitrogens is 1. The summed E-state index contributed by atoms with van der Waals surface area (Å²) in [5, 5.41) is 27.0. The van der Waals surface area contributed by atoms with E-state index in [1.54, 1.807) is 17.1 Å². The molecule has 1 aliphatic heterocycles. The summed E-state index contributed by atoms with van der Waals surface area (Å²) in [5.74, 6) is -0.214. The number of unbranched alkanes of at least 4 members (excludes halogenated alkanes) is 15. The third-order valence-electron chi connectivity index (χ3n) is 9.09. The Morgan fingerprint density at radius 2 is 1.19 bits per heavy atom. The van der Waals surface area contributed by atoms with E-state index in [1.165, 1.54) is 113 Å². The van der Waals surface area contributed by atoms with Crippen molar-refractivity contribution in [3.05, 3.63) is 68.1 Å². The number of hydrogen-bond acceptors (Lipinski definition) is 5. The molecular weight excluding hydrogens is 674 g/mol. The average molecular weight is 727 g/mol. The molecule has 47 heavy (non-hydrogen) atoms. The predicted octanol–water partition coefficient (Wildman–Crippen LogP) is 12.3. The van der Waals surface area contributed by atoms with Crippen LogP contribution < -0.4 is 15.4 Å². The van der Waals surface area contributed by atoms with E-state index in [1.807, 2.05) is 11.1 Å². The van der Waals surface area contributed by atoms with Crippen molar-refractivity contribution in [2.24, 2.45) is 0 Å². The summed E-state index contributed by atoms with van der Waals surface area (Å²) in [7, 11) is 0. The van der Waals surface area contributed by atoms with E-state index in [4.69, 9.17) is 46.4 Å². The number of aryl methyl sites for hydroxylation is 1. The second-order valence-electron chi connectivity index (χ2n) is 12.8. The van der Waals surface area contributed by atoms with Crippen LogP contribution in [0.4, 0.5) is 11.4 Å². The van der Waals surface area contributed by atoms with E-state index in [-0.39, 0.29) is 17.9 Å². The van der Waals surface area contributed by atoms with Crippen molar-refractivity contribution in [1.82, 2.24) is 10.1 Å². The summed E-state index contributed by atoms with van der Waals surface area (Å²) in [6.07, 6.45) is 22.7. The van der Waals surface area contributed by atoms with E-state index in [9.17, 15) is 10.2 Å².